The molecule has 2 rings (SSSR count). The Labute approximate surface area is 111 Å². The van der Waals surface area contributed by atoms with Crippen molar-refractivity contribution in [3.05, 3.63) is 22.0 Å². The fourth-order valence-corrected chi connectivity index (χ4v) is 2.24. The van der Waals surface area contributed by atoms with Crippen molar-refractivity contribution in [2.75, 3.05) is 5.75 Å². The molecule has 0 N–H and O–H groups in total. The molecule has 1 aromatic heterocycles. The molecule has 0 bridgehead atoms. The van der Waals surface area contributed by atoms with E-state index >= 15 is 0 Å². The summed E-state index contributed by atoms with van der Waals surface area (Å²) in [5.74, 6) is -0.235. The molecular weight excluding hydrogens is 278 g/mol. The van der Waals surface area contributed by atoms with E-state index in [2.05, 4.69) is 10.1 Å². The van der Waals surface area contributed by atoms with Gasteiger partial charge in [-0.15, -0.1) is 0 Å². The van der Waals surface area contributed by atoms with Gasteiger partial charge in [0.25, 0.3) is 5.91 Å². The maximum atomic E-state index is 11.4. The quantitative estimate of drug-likeness (QED) is 0.348. The standard InChI is InChI=1S/C8H7N5O3S2/c1-11-5(2-9-7(11)13(15)16)3-10-12-6(14)4-18-8(12)17/h2-3H,4H2,1H3. The average molecular weight is 285 g/mol. The highest BCUT2D eigenvalue weighted by Gasteiger charge is 2.26. The molecule has 0 aliphatic carbocycles. The zero-order valence-electron chi connectivity index (χ0n) is 9.14. The number of nitro groups is 1. The van der Waals surface area contributed by atoms with Gasteiger partial charge in [-0.1, -0.05) is 29.0 Å². The van der Waals surface area contributed by atoms with Crippen molar-refractivity contribution in [2.45, 2.75) is 0 Å². The van der Waals surface area contributed by atoms with Gasteiger partial charge in [0.05, 0.1) is 19.0 Å². The molecule has 0 radical (unpaired) electrons. The highest BCUT2D eigenvalue weighted by molar-refractivity contribution is 8.23. The molecule has 0 spiro atoms. The summed E-state index contributed by atoms with van der Waals surface area (Å²) in [5, 5.41) is 15.6. The summed E-state index contributed by atoms with van der Waals surface area (Å²) in [7, 11) is 1.49. The van der Waals surface area contributed by atoms with Crippen LogP contribution in [0.2, 0.25) is 0 Å². The van der Waals surface area contributed by atoms with E-state index in [9.17, 15) is 14.9 Å². The molecule has 10 heteroatoms. The molecular formula is C8H7N5O3S2. The number of hydrogen-bond donors (Lipinski definition) is 0. The summed E-state index contributed by atoms with van der Waals surface area (Å²) < 4.78 is 1.63. The summed E-state index contributed by atoms with van der Waals surface area (Å²) in [6.07, 6.45) is 2.62. The predicted octanol–water partition coefficient (Wildman–Crippen LogP) is 0.522. The summed E-state index contributed by atoms with van der Waals surface area (Å²) in [5.41, 5.74) is 0.411. The third kappa shape index (κ3) is 2.24. The number of carbonyl (C=O) groups excluding carboxylic acids is 1. The predicted molar refractivity (Wildman–Crippen MR) is 69.4 cm³/mol. The second-order valence-electron chi connectivity index (χ2n) is 3.30. The van der Waals surface area contributed by atoms with Crippen molar-refractivity contribution in [2.24, 2.45) is 12.1 Å². The number of amides is 1. The minimum Gasteiger partial charge on any atom is -0.390 e. The second-order valence-corrected chi connectivity index (χ2v) is 4.91. The molecule has 0 saturated carbocycles. The van der Waals surface area contributed by atoms with Gasteiger partial charge in [0, 0.05) is 0 Å². The molecule has 2 heterocycles. The van der Waals surface area contributed by atoms with Crippen LogP contribution in [-0.2, 0) is 11.8 Å². The molecule has 1 aliphatic heterocycles. The van der Waals surface area contributed by atoms with E-state index in [4.69, 9.17) is 12.2 Å². The van der Waals surface area contributed by atoms with Crippen LogP contribution in [0.5, 0.6) is 0 Å². The molecule has 0 atom stereocenters. The highest BCUT2D eigenvalue weighted by Crippen LogP contribution is 2.19. The number of hydrogen-bond acceptors (Lipinski definition) is 7. The normalized spacial score (nSPS) is 15.9. The first kappa shape index (κ1) is 12.6. The van der Waals surface area contributed by atoms with Crippen molar-refractivity contribution in [3.63, 3.8) is 0 Å². The molecule has 94 valence electrons. The Bertz CT molecular complexity index is 551. The number of nitrogens with zero attached hydrogens (tertiary/aromatic N) is 5. The highest BCUT2D eigenvalue weighted by atomic mass is 32.2. The van der Waals surface area contributed by atoms with E-state index in [0.29, 0.717) is 10.0 Å². The van der Waals surface area contributed by atoms with E-state index in [0.717, 1.165) is 5.01 Å². The summed E-state index contributed by atoms with van der Waals surface area (Å²) in [6, 6.07) is 0. The van der Waals surface area contributed by atoms with Crippen LogP contribution in [0.3, 0.4) is 0 Å². The van der Waals surface area contributed by atoms with Crippen LogP contribution >= 0.6 is 24.0 Å². The van der Waals surface area contributed by atoms with Crippen molar-refractivity contribution in [3.8, 4) is 0 Å². The molecule has 1 amide bonds. The van der Waals surface area contributed by atoms with Gasteiger partial charge in [-0.2, -0.15) is 10.1 Å². The van der Waals surface area contributed by atoms with Gasteiger partial charge in [0.1, 0.15) is 6.20 Å². The molecule has 8 nitrogen and oxygen atoms in total. The van der Waals surface area contributed by atoms with Crippen molar-refractivity contribution in [1.82, 2.24) is 14.6 Å². The maximum Gasteiger partial charge on any atom is 0.434 e. The lowest BCUT2D eigenvalue weighted by Gasteiger charge is -2.05. The van der Waals surface area contributed by atoms with Gasteiger partial charge in [-0.25, -0.2) is 4.57 Å². The van der Waals surface area contributed by atoms with Crippen LogP contribution in [0.15, 0.2) is 11.3 Å². The Kier molecular flexibility index (Phi) is 3.39. The number of thiocarbonyl (C=S) groups is 1. The van der Waals surface area contributed by atoms with Crippen LogP contribution in [0, 0.1) is 10.1 Å². The van der Waals surface area contributed by atoms with Gasteiger partial charge in [0.15, 0.2) is 10.0 Å². The average Bonchev–Trinajstić information content (AvgIpc) is 2.82. The van der Waals surface area contributed by atoms with Crippen LogP contribution < -0.4 is 0 Å². The van der Waals surface area contributed by atoms with E-state index in [1.165, 1.54) is 35.8 Å². The number of aromatic nitrogens is 2. The number of carbonyl (C=O) groups is 1. The molecule has 0 unspecified atom stereocenters. The lowest BCUT2D eigenvalue weighted by molar-refractivity contribution is -0.396. The Morgan fingerprint density at radius 2 is 2.44 bits per heavy atom. The second kappa shape index (κ2) is 4.82. The Balaban J connectivity index is 2.22. The topological polar surface area (TPSA) is 93.6 Å². The molecule has 1 aromatic rings. The van der Waals surface area contributed by atoms with Gasteiger partial charge in [-0.05, 0) is 4.92 Å². The van der Waals surface area contributed by atoms with Gasteiger partial charge < -0.3 is 10.1 Å². The molecule has 1 aliphatic rings. The largest absolute Gasteiger partial charge is 0.434 e. The molecule has 18 heavy (non-hydrogen) atoms. The minimum atomic E-state index is -0.598. The first-order chi connectivity index (χ1) is 8.50. The van der Waals surface area contributed by atoms with Crippen LogP contribution in [0.1, 0.15) is 5.69 Å². The molecule has 1 saturated heterocycles. The summed E-state index contributed by atoms with van der Waals surface area (Å²) in [4.78, 5) is 25.0. The van der Waals surface area contributed by atoms with Crippen molar-refractivity contribution in [1.29, 1.82) is 0 Å². The summed E-state index contributed by atoms with van der Waals surface area (Å²) in [6.45, 7) is 0. The zero-order chi connectivity index (χ0) is 13.3. The smallest absolute Gasteiger partial charge is 0.390 e. The number of rotatable bonds is 3. The molecule has 1 fully saturated rings. The van der Waals surface area contributed by atoms with Crippen molar-refractivity contribution >= 4 is 46.4 Å². The van der Waals surface area contributed by atoms with Gasteiger partial charge in [-0.3, -0.25) is 4.79 Å². The number of imidazole rings is 1. The number of thioether (sulfide) groups is 1. The van der Waals surface area contributed by atoms with E-state index in [1.54, 1.807) is 0 Å². The Morgan fingerprint density at radius 1 is 1.72 bits per heavy atom. The van der Waals surface area contributed by atoms with Crippen LogP contribution in [0.25, 0.3) is 0 Å². The van der Waals surface area contributed by atoms with Gasteiger partial charge in [0.2, 0.25) is 0 Å². The van der Waals surface area contributed by atoms with Crippen LogP contribution in [0.4, 0.5) is 5.95 Å². The first-order valence-electron chi connectivity index (χ1n) is 4.70. The fourth-order valence-electron chi connectivity index (χ4n) is 1.28. The van der Waals surface area contributed by atoms with Crippen molar-refractivity contribution < 1.29 is 9.72 Å². The molecule has 0 aromatic carbocycles. The van der Waals surface area contributed by atoms with E-state index in [-0.39, 0.29) is 17.6 Å². The fraction of sp³-hybridized carbons (Fsp3) is 0.250. The minimum absolute atomic E-state index is 0.210. The van der Waals surface area contributed by atoms with Crippen LogP contribution in [-0.4, -0.2) is 41.7 Å². The summed E-state index contributed by atoms with van der Waals surface area (Å²) >= 11 is 6.16. The Hall–Kier alpha value is -1.81. The zero-order valence-corrected chi connectivity index (χ0v) is 10.8. The lowest BCUT2D eigenvalue weighted by atomic mass is 10.5. The lowest BCUT2D eigenvalue weighted by Crippen LogP contribution is -2.22. The number of hydrazone groups is 1. The monoisotopic (exact) mass is 285 g/mol. The SMILES string of the molecule is Cn1c(C=NN2C(=O)CSC2=S)cnc1[N+](=O)[O-]. The third-order valence-corrected chi connectivity index (χ3v) is 3.53. The van der Waals surface area contributed by atoms with Gasteiger partial charge >= 0.3 is 5.95 Å². The van der Waals surface area contributed by atoms with E-state index in [1.807, 2.05) is 0 Å². The first-order valence-corrected chi connectivity index (χ1v) is 6.10. The Morgan fingerprint density at radius 3 is 2.94 bits per heavy atom. The maximum absolute atomic E-state index is 11.4. The van der Waals surface area contributed by atoms with E-state index < -0.39 is 4.92 Å². The third-order valence-electron chi connectivity index (χ3n) is 2.20.